The molecule has 15 heavy (non-hydrogen) atoms. The second-order valence-electron chi connectivity index (χ2n) is 5.50. The summed E-state index contributed by atoms with van der Waals surface area (Å²) in [4.78, 5) is 0. The summed E-state index contributed by atoms with van der Waals surface area (Å²) in [7, 11) is 0. The maximum Gasteiger partial charge on any atom is 0.110 e. The molecule has 4 fully saturated rings. The standard InChI is InChI=1S/C12H18O3/c1-2-7-3-4-10-12(15-7)5-8(13-10)11-9(6-12)14-11/h7-11H,2-6H2,1H3/t7?,8-,9-,10+,11?,12-/m1/s1. The molecule has 4 aliphatic rings. The normalized spacial score (nSPS) is 61.0. The lowest BCUT2D eigenvalue weighted by molar-refractivity contribution is -0.169. The van der Waals surface area contributed by atoms with Gasteiger partial charge in [0.05, 0.1) is 30.0 Å². The lowest BCUT2D eigenvalue weighted by Crippen LogP contribution is -2.50. The molecular formula is C12H18O3. The molecule has 1 saturated carbocycles. The van der Waals surface area contributed by atoms with E-state index in [-0.39, 0.29) is 5.60 Å². The van der Waals surface area contributed by atoms with Crippen LogP contribution < -0.4 is 0 Å². The first-order valence-electron chi connectivity index (χ1n) is 6.29. The van der Waals surface area contributed by atoms with Crippen LogP contribution in [0.4, 0.5) is 0 Å². The first kappa shape index (κ1) is 8.97. The van der Waals surface area contributed by atoms with E-state index in [0.29, 0.717) is 30.5 Å². The van der Waals surface area contributed by atoms with Gasteiger partial charge in [0.25, 0.3) is 0 Å². The fraction of sp³-hybridized carbons (Fsp3) is 1.00. The zero-order chi connectivity index (χ0) is 10.0. The van der Waals surface area contributed by atoms with Gasteiger partial charge in [-0.1, -0.05) is 6.92 Å². The molecule has 0 N–H and O–H groups in total. The third-order valence-electron chi connectivity index (χ3n) is 4.61. The van der Waals surface area contributed by atoms with Crippen LogP contribution in [0.3, 0.4) is 0 Å². The van der Waals surface area contributed by atoms with E-state index >= 15 is 0 Å². The average molecular weight is 210 g/mol. The van der Waals surface area contributed by atoms with Crippen LogP contribution in [0.2, 0.25) is 0 Å². The van der Waals surface area contributed by atoms with Gasteiger partial charge in [0, 0.05) is 12.8 Å². The van der Waals surface area contributed by atoms with Crippen molar-refractivity contribution in [3.05, 3.63) is 0 Å². The summed E-state index contributed by atoms with van der Waals surface area (Å²) in [6, 6.07) is 0. The third-order valence-corrected chi connectivity index (χ3v) is 4.61. The van der Waals surface area contributed by atoms with E-state index in [9.17, 15) is 0 Å². The summed E-state index contributed by atoms with van der Waals surface area (Å²) in [6.07, 6.45) is 7.66. The van der Waals surface area contributed by atoms with Crippen molar-refractivity contribution >= 4 is 0 Å². The minimum atomic E-state index is 0.0290. The zero-order valence-corrected chi connectivity index (χ0v) is 9.15. The highest BCUT2D eigenvalue weighted by molar-refractivity contribution is 5.14. The van der Waals surface area contributed by atoms with Crippen molar-refractivity contribution in [3.63, 3.8) is 0 Å². The second-order valence-corrected chi connectivity index (χ2v) is 5.50. The van der Waals surface area contributed by atoms with E-state index in [0.717, 1.165) is 19.3 Å². The molecule has 4 rings (SSSR count). The fourth-order valence-electron chi connectivity index (χ4n) is 3.77. The van der Waals surface area contributed by atoms with Crippen LogP contribution in [0.25, 0.3) is 0 Å². The summed E-state index contributed by atoms with van der Waals surface area (Å²) in [6.45, 7) is 2.22. The van der Waals surface area contributed by atoms with Gasteiger partial charge in [-0.05, 0) is 19.3 Å². The second kappa shape index (κ2) is 2.76. The van der Waals surface area contributed by atoms with Crippen LogP contribution in [0.15, 0.2) is 0 Å². The summed E-state index contributed by atoms with van der Waals surface area (Å²) in [5.74, 6) is 0. The molecule has 2 unspecified atom stereocenters. The van der Waals surface area contributed by atoms with Gasteiger partial charge in [-0.3, -0.25) is 0 Å². The van der Waals surface area contributed by atoms with Gasteiger partial charge in [-0.2, -0.15) is 0 Å². The van der Waals surface area contributed by atoms with Crippen molar-refractivity contribution in [2.45, 2.75) is 75.1 Å². The molecule has 3 saturated heterocycles. The SMILES string of the molecule is CCC1CC[C@@H]2O[C@@H]3C[C@]2(C[C@H]2OC23)O1. The molecule has 1 aliphatic carbocycles. The number of fused-ring (bicyclic) bond motifs is 3. The van der Waals surface area contributed by atoms with E-state index in [1.165, 1.54) is 12.8 Å². The Balaban J connectivity index is 1.63. The minimum Gasteiger partial charge on any atom is -0.369 e. The van der Waals surface area contributed by atoms with E-state index in [1.807, 2.05) is 0 Å². The number of hydrogen-bond acceptors (Lipinski definition) is 3. The molecule has 2 bridgehead atoms. The Morgan fingerprint density at radius 2 is 1.93 bits per heavy atom. The summed E-state index contributed by atoms with van der Waals surface area (Å²) in [5, 5.41) is 0. The van der Waals surface area contributed by atoms with Crippen molar-refractivity contribution < 1.29 is 14.2 Å². The lowest BCUT2D eigenvalue weighted by Gasteiger charge is -2.42. The number of ether oxygens (including phenoxy) is 3. The summed E-state index contributed by atoms with van der Waals surface area (Å²) < 4.78 is 18.0. The highest BCUT2D eigenvalue weighted by Gasteiger charge is 2.66. The first-order valence-corrected chi connectivity index (χ1v) is 6.29. The van der Waals surface area contributed by atoms with Gasteiger partial charge >= 0.3 is 0 Å². The van der Waals surface area contributed by atoms with Crippen molar-refractivity contribution in [1.82, 2.24) is 0 Å². The average Bonchev–Trinajstić information content (AvgIpc) is 2.92. The van der Waals surface area contributed by atoms with Crippen LogP contribution in [0.5, 0.6) is 0 Å². The van der Waals surface area contributed by atoms with Gasteiger partial charge in [0.2, 0.25) is 0 Å². The smallest absolute Gasteiger partial charge is 0.110 e. The van der Waals surface area contributed by atoms with Crippen molar-refractivity contribution in [2.24, 2.45) is 0 Å². The molecule has 0 aromatic rings. The Bertz CT molecular complexity index is 289. The van der Waals surface area contributed by atoms with Crippen LogP contribution in [-0.2, 0) is 14.2 Å². The Hall–Kier alpha value is -0.120. The Labute approximate surface area is 90.1 Å². The summed E-state index contributed by atoms with van der Waals surface area (Å²) >= 11 is 0. The Morgan fingerprint density at radius 3 is 2.73 bits per heavy atom. The number of epoxide rings is 1. The molecule has 0 aromatic heterocycles. The highest BCUT2D eigenvalue weighted by atomic mass is 16.6. The molecule has 3 heteroatoms. The minimum absolute atomic E-state index is 0.0290. The van der Waals surface area contributed by atoms with E-state index in [1.54, 1.807) is 0 Å². The van der Waals surface area contributed by atoms with E-state index in [2.05, 4.69) is 6.92 Å². The van der Waals surface area contributed by atoms with Gasteiger partial charge in [-0.15, -0.1) is 0 Å². The molecular weight excluding hydrogens is 192 g/mol. The Kier molecular flexibility index (Phi) is 1.65. The van der Waals surface area contributed by atoms with Gasteiger partial charge in [-0.25, -0.2) is 0 Å². The predicted molar refractivity (Wildman–Crippen MR) is 53.7 cm³/mol. The zero-order valence-electron chi connectivity index (χ0n) is 9.15. The molecule has 3 heterocycles. The predicted octanol–water partition coefficient (Wildman–Crippen LogP) is 1.64. The molecule has 1 spiro atoms. The summed E-state index contributed by atoms with van der Waals surface area (Å²) in [5.41, 5.74) is 0.0290. The molecule has 0 aromatic carbocycles. The van der Waals surface area contributed by atoms with Crippen LogP contribution >= 0.6 is 0 Å². The van der Waals surface area contributed by atoms with Crippen molar-refractivity contribution in [2.75, 3.05) is 0 Å². The number of hydrogen-bond donors (Lipinski definition) is 0. The fourth-order valence-corrected chi connectivity index (χ4v) is 3.77. The van der Waals surface area contributed by atoms with Crippen LogP contribution in [0, 0.1) is 0 Å². The van der Waals surface area contributed by atoms with E-state index in [4.69, 9.17) is 14.2 Å². The van der Waals surface area contributed by atoms with Gasteiger partial charge in [0.15, 0.2) is 0 Å². The Morgan fingerprint density at radius 1 is 1.13 bits per heavy atom. The monoisotopic (exact) mass is 210 g/mol. The molecule has 0 amide bonds. The molecule has 0 radical (unpaired) electrons. The molecule has 6 atom stereocenters. The first-order chi connectivity index (χ1) is 7.31. The highest BCUT2D eigenvalue weighted by Crippen LogP contribution is 2.55. The van der Waals surface area contributed by atoms with Gasteiger partial charge in [0.1, 0.15) is 6.10 Å². The third kappa shape index (κ3) is 1.12. The molecule has 3 nitrogen and oxygen atoms in total. The van der Waals surface area contributed by atoms with E-state index < -0.39 is 0 Å². The molecule has 84 valence electrons. The maximum absolute atomic E-state index is 6.31. The topological polar surface area (TPSA) is 31.0 Å². The van der Waals surface area contributed by atoms with Crippen LogP contribution in [0.1, 0.15) is 39.0 Å². The molecule has 3 aliphatic heterocycles. The van der Waals surface area contributed by atoms with Gasteiger partial charge < -0.3 is 14.2 Å². The largest absolute Gasteiger partial charge is 0.369 e. The maximum atomic E-state index is 6.31. The van der Waals surface area contributed by atoms with Crippen LogP contribution in [-0.4, -0.2) is 36.1 Å². The number of rotatable bonds is 1. The van der Waals surface area contributed by atoms with Crippen molar-refractivity contribution in [3.8, 4) is 0 Å². The quantitative estimate of drug-likeness (QED) is 0.616. The lowest BCUT2D eigenvalue weighted by atomic mass is 9.78. The van der Waals surface area contributed by atoms with Crippen molar-refractivity contribution in [1.29, 1.82) is 0 Å².